The molecule has 23 heavy (non-hydrogen) atoms. The van der Waals surface area contributed by atoms with Crippen LogP contribution in [0.2, 0.25) is 0 Å². The Labute approximate surface area is 137 Å². The van der Waals surface area contributed by atoms with Crippen LogP contribution in [-0.4, -0.2) is 31.4 Å². The number of rotatable bonds is 4. The van der Waals surface area contributed by atoms with Crippen LogP contribution in [0.25, 0.3) is 5.57 Å². The molecule has 124 valence electrons. The van der Waals surface area contributed by atoms with Crippen molar-refractivity contribution in [1.29, 1.82) is 0 Å². The number of hydrogen-bond donors (Lipinski definition) is 2. The first-order valence-corrected chi connectivity index (χ1v) is 7.58. The number of hydrazone groups is 1. The molecule has 0 saturated heterocycles. The zero-order chi connectivity index (χ0) is 17.2. The fourth-order valence-corrected chi connectivity index (χ4v) is 3.14. The first-order valence-electron chi connectivity index (χ1n) is 7.58. The summed E-state index contributed by atoms with van der Waals surface area (Å²) in [6.45, 7) is 9.52. The van der Waals surface area contributed by atoms with E-state index in [2.05, 4.69) is 49.2 Å². The predicted octanol–water partition coefficient (Wildman–Crippen LogP) is 2.72. The third kappa shape index (κ3) is 3.31. The maximum atomic E-state index is 10.7. The number of anilines is 1. The molecular formula is C17H24N4O2. The van der Waals surface area contributed by atoms with E-state index in [9.17, 15) is 4.79 Å². The van der Waals surface area contributed by atoms with Crippen molar-refractivity contribution >= 4 is 23.5 Å². The first-order chi connectivity index (χ1) is 10.8. The predicted molar refractivity (Wildman–Crippen MR) is 94.1 cm³/mol. The Morgan fingerprint density at radius 1 is 1.48 bits per heavy atom. The van der Waals surface area contributed by atoms with Gasteiger partial charge in [-0.05, 0) is 39.3 Å². The van der Waals surface area contributed by atoms with Gasteiger partial charge in [0, 0.05) is 29.4 Å². The standard InChI is InChI=1S/C17H24N4O2/c1-6-21-14-8-15(23-5)12(10-19-20-16(18)22)7-13(14)11(2)9-17(21,3)4/h7-10H,6H2,1-5H3,(H3,18,20,22)/b19-10-. The molecule has 3 N–H and O–H groups in total. The van der Waals surface area contributed by atoms with Crippen LogP contribution in [0, 0.1) is 0 Å². The summed E-state index contributed by atoms with van der Waals surface area (Å²) in [6.07, 6.45) is 3.79. The molecule has 0 spiro atoms. The highest BCUT2D eigenvalue weighted by atomic mass is 16.5. The van der Waals surface area contributed by atoms with Crippen molar-refractivity contribution in [1.82, 2.24) is 5.43 Å². The molecule has 1 aromatic carbocycles. The third-order valence-electron chi connectivity index (χ3n) is 4.02. The lowest BCUT2D eigenvalue weighted by atomic mass is 9.88. The summed E-state index contributed by atoms with van der Waals surface area (Å²) < 4.78 is 5.48. The number of carbonyl (C=O) groups is 1. The Bertz CT molecular complexity index is 677. The number of methoxy groups -OCH3 is 1. The monoisotopic (exact) mass is 316 g/mol. The number of allylic oxidation sites excluding steroid dienone is 1. The zero-order valence-electron chi connectivity index (χ0n) is 14.3. The fourth-order valence-electron chi connectivity index (χ4n) is 3.14. The van der Waals surface area contributed by atoms with Crippen LogP contribution in [0.5, 0.6) is 5.75 Å². The molecule has 2 rings (SSSR count). The number of nitrogens with two attached hydrogens (primary N) is 1. The number of amides is 2. The Morgan fingerprint density at radius 2 is 2.17 bits per heavy atom. The van der Waals surface area contributed by atoms with E-state index in [-0.39, 0.29) is 5.54 Å². The molecule has 1 heterocycles. The Hall–Kier alpha value is -2.50. The lowest BCUT2D eigenvalue weighted by Crippen LogP contribution is -2.44. The average molecular weight is 316 g/mol. The summed E-state index contributed by atoms with van der Waals surface area (Å²) in [5.74, 6) is 0.697. The molecule has 0 aromatic heterocycles. The zero-order valence-corrected chi connectivity index (χ0v) is 14.3. The van der Waals surface area contributed by atoms with Crippen LogP contribution in [0.15, 0.2) is 23.3 Å². The summed E-state index contributed by atoms with van der Waals surface area (Å²) in [5.41, 5.74) is 11.4. The van der Waals surface area contributed by atoms with E-state index in [0.29, 0.717) is 5.75 Å². The average Bonchev–Trinajstić information content (AvgIpc) is 2.46. The van der Waals surface area contributed by atoms with Crippen molar-refractivity contribution in [3.63, 3.8) is 0 Å². The Balaban J connectivity index is 2.54. The number of nitrogens with one attached hydrogen (secondary N) is 1. The van der Waals surface area contributed by atoms with Crippen molar-refractivity contribution in [2.75, 3.05) is 18.6 Å². The van der Waals surface area contributed by atoms with Crippen LogP contribution < -0.4 is 20.8 Å². The number of urea groups is 1. The highest BCUT2D eigenvalue weighted by Gasteiger charge is 2.31. The Kier molecular flexibility index (Phi) is 4.63. The van der Waals surface area contributed by atoms with E-state index in [1.807, 2.05) is 12.1 Å². The molecular weight excluding hydrogens is 292 g/mol. The van der Waals surface area contributed by atoms with Crippen molar-refractivity contribution < 1.29 is 9.53 Å². The van der Waals surface area contributed by atoms with E-state index in [1.54, 1.807) is 7.11 Å². The smallest absolute Gasteiger partial charge is 0.332 e. The summed E-state index contributed by atoms with van der Waals surface area (Å²) in [4.78, 5) is 13.1. The highest BCUT2D eigenvalue weighted by Crippen LogP contribution is 2.41. The van der Waals surface area contributed by atoms with Crippen LogP contribution in [0.3, 0.4) is 0 Å². The molecule has 1 aliphatic rings. The number of fused-ring (bicyclic) bond motifs is 1. The van der Waals surface area contributed by atoms with Gasteiger partial charge in [0.05, 0.1) is 18.9 Å². The van der Waals surface area contributed by atoms with Gasteiger partial charge >= 0.3 is 6.03 Å². The lowest BCUT2D eigenvalue weighted by Gasteiger charge is -2.43. The first kappa shape index (κ1) is 16.9. The van der Waals surface area contributed by atoms with Crippen molar-refractivity contribution in [2.24, 2.45) is 10.8 Å². The Morgan fingerprint density at radius 3 is 2.74 bits per heavy atom. The molecule has 1 aromatic rings. The van der Waals surface area contributed by atoms with Crippen LogP contribution in [0.4, 0.5) is 10.5 Å². The van der Waals surface area contributed by atoms with Gasteiger partial charge in [-0.15, -0.1) is 0 Å². The second-order valence-corrected chi connectivity index (χ2v) is 6.07. The minimum absolute atomic E-state index is 0.0556. The molecule has 0 atom stereocenters. The maximum Gasteiger partial charge on any atom is 0.332 e. The van der Waals surface area contributed by atoms with Gasteiger partial charge in [-0.25, -0.2) is 10.2 Å². The highest BCUT2D eigenvalue weighted by molar-refractivity contribution is 5.91. The largest absolute Gasteiger partial charge is 0.496 e. The van der Waals surface area contributed by atoms with Gasteiger partial charge in [-0.2, -0.15) is 5.10 Å². The van der Waals surface area contributed by atoms with Gasteiger partial charge in [0.2, 0.25) is 0 Å². The summed E-state index contributed by atoms with van der Waals surface area (Å²) in [5, 5.41) is 3.83. The number of ether oxygens (including phenoxy) is 1. The molecule has 6 heteroatoms. The van der Waals surface area contributed by atoms with Gasteiger partial charge in [0.25, 0.3) is 0 Å². The third-order valence-corrected chi connectivity index (χ3v) is 4.02. The minimum atomic E-state index is -0.701. The van der Waals surface area contributed by atoms with Crippen molar-refractivity contribution in [3.8, 4) is 5.75 Å². The summed E-state index contributed by atoms with van der Waals surface area (Å²) in [6, 6.07) is 3.33. The topological polar surface area (TPSA) is 79.9 Å². The number of primary amides is 1. The van der Waals surface area contributed by atoms with Gasteiger partial charge < -0.3 is 15.4 Å². The van der Waals surface area contributed by atoms with Crippen molar-refractivity contribution in [3.05, 3.63) is 29.3 Å². The van der Waals surface area contributed by atoms with E-state index in [4.69, 9.17) is 10.5 Å². The van der Waals surface area contributed by atoms with Gasteiger partial charge in [-0.1, -0.05) is 6.08 Å². The van der Waals surface area contributed by atoms with Gasteiger partial charge in [0.1, 0.15) is 5.75 Å². The number of nitrogens with zero attached hydrogens (tertiary/aromatic N) is 2. The lowest BCUT2D eigenvalue weighted by molar-refractivity contribution is 0.249. The number of carbonyl (C=O) groups excluding carboxylic acids is 1. The van der Waals surface area contributed by atoms with E-state index in [1.165, 1.54) is 11.8 Å². The minimum Gasteiger partial charge on any atom is -0.496 e. The quantitative estimate of drug-likeness (QED) is 0.662. The van der Waals surface area contributed by atoms with Gasteiger partial charge in [-0.3, -0.25) is 0 Å². The molecule has 0 aliphatic carbocycles. The molecule has 6 nitrogen and oxygen atoms in total. The number of hydrogen-bond acceptors (Lipinski definition) is 4. The molecule has 0 unspecified atom stereocenters. The molecule has 1 aliphatic heterocycles. The number of benzene rings is 1. The maximum absolute atomic E-state index is 10.7. The summed E-state index contributed by atoms with van der Waals surface area (Å²) >= 11 is 0. The molecule has 0 bridgehead atoms. The van der Waals surface area contributed by atoms with Crippen LogP contribution in [0.1, 0.15) is 38.8 Å². The molecule has 0 saturated carbocycles. The van der Waals surface area contributed by atoms with E-state index in [0.717, 1.165) is 23.4 Å². The summed E-state index contributed by atoms with van der Waals surface area (Å²) in [7, 11) is 1.62. The second-order valence-electron chi connectivity index (χ2n) is 6.07. The molecule has 0 radical (unpaired) electrons. The number of likely N-dealkylation sites (N-methyl/N-ethyl adjacent to an activating group) is 1. The SMILES string of the molecule is CCN1c2cc(OC)c(/C=N\NC(N)=O)cc2C(C)=CC1(C)C. The van der Waals surface area contributed by atoms with Crippen molar-refractivity contribution in [2.45, 2.75) is 33.2 Å². The van der Waals surface area contributed by atoms with E-state index < -0.39 is 6.03 Å². The molecule has 0 fully saturated rings. The van der Waals surface area contributed by atoms with Crippen LogP contribution >= 0.6 is 0 Å². The molecule has 2 amide bonds. The van der Waals surface area contributed by atoms with Gasteiger partial charge in [0.15, 0.2) is 0 Å². The van der Waals surface area contributed by atoms with E-state index >= 15 is 0 Å². The fraction of sp³-hybridized carbons (Fsp3) is 0.412. The second kappa shape index (κ2) is 6.32. The normalized spacial score (nSPS) is 16.0. The van der Waals surface area contributed by atoms with Crippen LogP contribution in [-0.2, 0) is 0 Å².